The van der Waals surface area contributed by atoms with E-state index in [0.29, 0.717) is 23.0 Å². The van der Waals surface area contributed by atoms with E-state index in [9.17, 15) is 15.2 Å². The van der Waals surface area contributed by atoms with Crippen LogP contribution in [-0.4, -0.2) is 21.6 Å². The van der Waals surface area contributed by atoms with Crippen LogP contribution in [0.15, 0.2) is 30.5 Å². The third-order valence-corrected chi connectivity index (χ3v) is 4.42. The summed E-state index contributed by atoms with van der Waals surface area (Å²) in [5.74, 6) is 0. The van der Waals surface area contributed by atoms with E-state index in [2.05, 4.69) is 4.98 Å². The van der Waals surface area contributed by atoms with E-state index in [4.69, 9.17) is 0 Å². The van der Waals surface area contributed by atoms with E-state index < -0.39 is 11.0 Å². The molecule has 0 amide bonds. The summed E-state index contributed by atoms with van der Waals surface area (Å²) in [6.45, 7) is 4.66. The minimum atomic E-state index is -0.712. The van der Waals surface area contributed by atoms with Crippen LogP contribution in [0.4, 0.5) is 10.7 Å². The summed E-state index contributed by atoms with van der Waals surface area (Å²) in [4.78, 5) is 17.6. The van der Waals surface area contributed by atoms with Crippen LogP contribution in [0.1, 0.15) is 30.5 Å². The van der Waals surface area contributed by atoms with Crippen molar-refractivity contribution < 1.29 is 10.0 Å². The predicted octanol–water partition coefficient (Wildman–Crippen LogP) is 3.13. The van der Waals surface area contributed by atoms with Crippen LogP contribution in [0.2, 0.25) is 0 Å². The highest BCUT2D eigenvalue weighted by atomic mass is 32.1. The van der Waals surface area contributed by atoms with E-state index in [1.807, 2.05) is 30.0 Å². The molecule has 0 saturated carbocycles. The van der Waals surface area contributed by atoms with E-state index in [-0.39, 0.29) is 5.69 Å². The van der Waals surface area contributed by atoms with Crippen LogP contribution in [0.5, 0.6) is 0 Å². The van der Waals surface area contributed by atoms with Gasteiger partial charge in [0.1, 0.15) is 0 Å². The van der Waals surface area contributed by atoms with Crippen LogP contribution < -0.4 is 4.90 Å². The topological polar surface area (TPSA) is 79.5 Å². The third kappa shape index (κ3) is 3.56. The van der Waals surface area contributed by atoms with Crippen molar-refractivity contribution in [3.8, 4) is 0 Å². The van der Waals surface area contributed by atoms with Gasteiger partial charge >= 0.3 is 5.69 Å². The molecule has 1 N–H and O–H groups in total. The van der Waals surface area contributed by atoms with Gasteiger partial charge in [0.05, 0.1) is 23.3 Å². The Kier molecular flexibility index (Phi) is 4.87. The molecule has 2 rings (SSSR count). The fourth-order valence-electron chi connectivity index (χ4n) is 1.97. The van der Waals surface area contributed by atoms with E-state index in [0.717, 1.165) is 5.69 Å². The van der Waals surface area contributed by atoms with Gasteiger partial charge in [0.25, 0.3) is 0 Å². The van der Waals surface area contributed by atoms with Crippen molar-refractivity contribution >= 4 is 22.0 Å². The summed E-state index contributed by atoms with van der Waals surface area (Å²) in [5.41, 5.74) is 0.884. The Morgan fingerprint density at radius 2 is 2.29 bits per heavy atom. The molecule has 21 heavy (non-hydrogen) atoms. The Morgan fingerprint density at radius 3 is 2.81 bits per heavy atom. The van der Waals surface area contributed by atoms with Crippen molar-refractivity contribution in [2.24, 2.45) is 0 Å². The zero-order chi connectivity index (χ0) is 15.4. The normalized spacial score (nSPS) is 12.1. The highest BCUT2D eigenvalue weighted by molar-refractivity contribution is 7.16. The molecular weight excluding hydrogens is 290 g/mol. The first-order chi connectivity index (χ1) is 10.0. The maximum atomic E-state index is 11.2. The summed E-state index contributed by atoms with van der Waals surface area (Å²) in [6.07, 6.45) is 0.990. The summed E-state index contributed by atoms with van der Waals surface area (Å²) in [7, 11) is 0. The molecule has 0 unspecified atom stereocenters. The van der Waals surface area contributed by atoms with Gasteiger partial charge in [-0.25, -0.2) is 0 Å². The molecule has 0 fully saturated rings. The van der Waals surface area contributed by atoms with Gasteiger partial charge in [-0.05, 0) is 26.0 Å². The Balaban J connectivity index is 2.35. The van der Waals surface area contributed by atoms with Crippen LogP contribution in [0.3, 0.4) is 0 Å². The highest BCUT2D eigenvalue weighted by Crippen LogP contribution is 2.40. The number of nitrogens with zero attached hydrogens (tertiary/aromatic N) is 3. The fraction of sp³-hybridized carbons (Fsp3) is 0.357. The van der Waals surface area contributed by atoms with Crippen molar-refractivity contribution in [3.63, 3.8) is 0 Å². The molecule has 0 aliphatic heterocycles. The lowest BCUT2D eigenvalue weighted by atomic mass is 10.3. The smallest absolute Gasteiger partial charge is 0.304 e. The second kappa shape index (κ2) is 6.64. The number of aromatic nitrogens is 1. The summed E-state index contributed by atoms with van der Waals surface area (Å²) >= 11 is 1.25. The number of anilines is 1. The highest BCUT2D eigenvalue weighted by Gasteiger charge is 2.25. The molecule has 1 atom stereocenters. The maximum absolute atomic E-state index is 11.2. The Bertz CT molecular complexity index is 613. The molecular formula is C14H17N3O3S. The van der Waals surface area contributed by atoms with Gasteiger partial charge in [-0.1, -0.05) is 6.07 Å². The standard InChI is InChI=1S/C14H17N3O3S/c1-3-16(9-11-6-4-5-7-15-11)14-12(17(19)20)8-13(21-14)10(2)18/h4-8,10,18H,3,9H2,1-2H3/t10-/m1/s1. The SMILES string of the molecule is CCN(Cc1ccccn1)c1sc([C@@H](C)O)cc1[N+](=O)[O-]. The molecule has 7 heteroatoms. The first-order valence-electron chi connectivity index (χ1n) is 6.64. The molecule has 0 spiro atoms. The van der Waals surface area contributed by atoms with Gasteiger partial charge in [0.15, 0.2) is 5.00 Å². The molecule has 0 aliphatic carbocycles. The molecule has 0 aliphatic rings. The van der Waals surface area contributed by atoms with Crippen LogP contribution in [0, 0.1) is 10.1 Å². The number of nitro groups is 1. The number of pyridine rings is 1. The van der Waals surface area contributed by atoms with E-state index >= 15 is 0 Å². The molecule has 0 radical (unpaired) electrons. The molecule has 0 aromatic carbocycles. The Hall–Kier alpha value is -1.99. The van der Waals surface area contributed by atoms with Gasteiger partial charge in [-0.15, -0.1) is 11.3 Å². The van der Waals surface area contributed by atoms with Gasteiger partial charge < -0.3 is 10.0 Å². The summed E-state index contributed by atoms with van der Waals surface area (Å²) in [5, 5.41) is 21.4. The van der Waals surface area contributed by atoms with Crippen LogP contribution in [-0.2, 0) is 6.54 Å². The van der Waals surface area contributed by atoms with Gasteiger partial charge in [-0.3, -0.25) is 15.1 Å². The lowest BCUT2D eigenvalue weighted by Gasteiger charge is -2.20. The lowest BCUT2D eigenvalue weighted by molar-refractivity contribution is -0.383. The first-order valence-corrected chi connectivity index (χ1v) is 7.45. The van der Waals surface area contributed by atoms with Gasteiger partial charge in [0, 0.05) is 23.7 Å². The van der Waals surface area contributed by atoms with Crippen molar-refractivity contribution in [1.29, 1.82) is 0 Å². The van der Waals surface area contributed by atoms with Crippen molar-refractivity contribution in [3.05, 3.63) is 51.1 Å². The Morgan fingerprint density at radius 1 is 1.52 bits per heavy atom. The molecule has 2 aromatic heterocycles. The fourth-order valence-corrected chi connectivity index (χ4v) is 3.09. The zero-order valence-corrected chi connectivity index (χ0v) is 12.7. The molecule has 2 aromatic rings. The second-order valence-corrected chi connectivity index (χ2v) is 5.67. The second-order valence-electron chi connectivity index (χ2n) is 4.61. The summed E-state index contributed by atoms with van der Waals surface area (Å²) in [6, 6.07) is 7.06. The quantitative estimate of drug-likeness (QED) is 0.655. The van der Waals surface area contributed by atoms with Gasteiger partial charge in [-0.2, -0.15) is 0 Å². The maximum Gasteiger partial charge on any atom is 0.304 e. The van der Waals surface area contributed by atoms with E-state index in [1.165, 1.54) is 17.4 Å². The molecule has 6 nitrogen and oxygen atoms in total. The molecule has 2 heterocycles. The monoisotopic (exact) mass is 307 g/mol. The molecule has 112 valence electrons. The van der Waals surface area contributed by atoms with Crippen molar-refractivity contribution in [2.75, 3.05) is 11.4 Å². The number of hydrogen-bond donors (Lipinski definition) is 1. The van der Waals surface area contributed by atoms with Gasteiger partial charge in [0.2, 0.25) is 0 Å². The number of aliphatic hydroxyl groups is 1. The average molecular weight is 307 g/mol. The molecule has 0 bridgehead atoms. The number of hydrogen-bond acceptors (Lipinski definition) is 6. The van der Waals surface area contributed by atoms with Crippen molar-refractivity contribution in [1.82, 2.24) is 4.98 Å². The number of thiophene rings is 1. The Labute approximate surface area is 126 Å². The zero-order valence-electron chi connectivity index (χ0n) is 11.9. The first kappa shape index (κ1) is 15.4. The molecule has 0 saturated heterocycles. The van der Waals surface area contributed by atoms with Crippen LogP contribution >= 0.6 is 11.3 Å². The number of rotatable bonds is 6. The third-order valence-electron chi connectivity index (χ3n) is 3.07. The predicted molar refractivity (Wildman–Crippen MR) is 82.6 cm³/mol. The van der Waals surface area contributed by atoms with Crippen LogP contribution in [0.25, 0.3) is 0 Å². The van der Waals surface area contributed by atoms with E-state index in [1.54, 1.807) is 13.1 Å². The lowest BCUT2D eigenvalue weighted by Crippen LogP contribution is -2.22. The summed E-state index contributed by atoms with van der Waals surface area (Å²) < 4.78 is 0. The largest absolute Gasteiger partial charge is 0.388 e. The number of aliphatic hydroxyl groups excluding tert-OH is 1. The average Bonchev–Trinajstić information content (AvgIpc) is 2.91. The minimum Gasteiger partial charge on any atom is -0.388 e. The van der Waals surface area contributed by atoms with Crippen molar-refractivity contribution in [2.45, 2.75) is 26.5 Å². The minimum absolute atomic E-state index is 0.0358.